The van der Waals surface area contributed by atoms with Gasteiger partial charge >= 0.3 is 117 Å². The Labute approximate surface area is 118 Å². The van der Waals surface area contributed by atoms with Crippen LogP contribution in [0.2, 0.25) is 0 Å². The summed E-state index contributed by atoms with van der Waals surface area (Å²) in [5.74, 6) is 3.55. The molecule has 0 radical (unpaired) electrons. The van der Waals surface area contributed by atoms with Crippen molar-refractivity contribution in [3.63, 3.8) is 0 Å². The van der Waals surface area contributed by atoms with E-state index in [1.165, 1.54) is 6.42 Å². The minimum atomic E-state index is -1.05. The predicted molar refractivity (Wildman–Crippen MR) is 91.8 cm³/mol. The van der Waals surface area contributed by atoms with Gasteiger partial charge in [0.1, 0.15) is 0 Å². The first-order chi connectivity index (χ1) is 8.17. The molecule has 1 heteroatoms. The third-order valence-corrected chi connectivity index (χ3v) is 10.2. The molecule has 0 saturated carbocycles. The van der Waals surface area contributed by atoms with Gasteiger partial charge in [0.15, 0.2) is 0 Å². The number of rotatable bonds is 9. The van der Waals surface area contributed by atoms with Crippen molar-refractivity contribution in [3.8, 4) is 0 Å². The molecule has 0 aromatic rings. The summed E-state index contributed by atoms with van der Waals surface area (Å²) in [5, 5.41) is 0. The predicted octanol–water partition coefficient (Wildman–Crippen LogP) is 5.75. The van der Waals surface area contributed by atoms with E-state index in [1.807, 2.05) is 0 Å². The van der Waals surface area contributed by atoms with Crippen molar-refractivity contribution in [1.29, 1.82) is 0 Å². The molecule has 0 fully saturated rings. The Morgan fingerprint density at radius 1 is 0.556 bits per heavy atom. The van der Waals surface area contributed by atoms with Crippen LogP contribution in [0.4, 0.5) is 0 Å². The van der Waals surface area contributed by atoms with E-state index in [-0.39, 0.29) is 0 Å². The molecule has 0 aliphatic carbocycles. The van der Waals surface area contributed by atoms with Crippen molar-refractivity contribution in [3.05, 3.63) is 0 Å². The average Bonchev–Trinajstić information content (AvgIpc) is 2.11. The molecule has 0 aromatic heterocycles. The molecule has 0 bridgehead atoms. The Morgan fingerprint density at radius 3 is 1.11 bits per heavy atom. The van der Waals surface area contributed by atoms with Crippen LogP contribution in [-0.2, 0) is 0 Å². The molecule has 0 atom stereocenters. The van der Waals surface area contributed by atoms with Gasteiger partial charge in [0.05, 0.1) is 0 Å². The standard InChI is InChI=1S/C17H39P/c1-14(2)9-10-18(11-15(3)4,12-16(5)6)13-17(7)8/h14-18H,9-13H2,1-8H3. The van der Waals surface area contributed by atoms with Gasteiger partial charge in [0.2, 0.25) is 0 Å². The van der Waals surface area contributed by atoms with Crippen LogP contribution in [-0.4, -0.2) is 24.6 Å². The topological polar surface area (TPSA) is 0 Å². The Morgan fingerprint density at radius 2 is 0.889 bits per heavy atom. The maximum atomic E-state index is 2.43. The molecule has 0 N–H and O–H groups in total. The Kier molecular flexibility index (Phi) is 8.78. The molecule has 0 heterocycles. The zero-order chi connectivity index (χ0) is 14.3. The fraction of sp³-hybridized carbons (Fsp3) is 1.00. The summed E-state index contributed by atoms with van der Waals surface area (Å²) >= 11 is 0. The zero-order valence-electron chi connectivity index (χ0n) is 14.3. The molecule has 112 valence electrons. The van der Waals surface area contributed by atoms with E-state index in [0.717, 1.165) is 23.7 Å². The summed E-state index contributed by atoms with van der Waals surface area (Å²) in [6.07, 6.45) is 7.68. The van der Waals surface area contributed by atoms with Gasteiger partial charge in [-0.25, -0.2) is 0 Å². The molecule has 0 rings (SSSR count). The molecule has 0 aliphatic heterocycles. The van der Waals surface area contributed by atoms with Crippen molar-refractivity contribution in [2.75, 3.05) is 24.6 Å². The van der Waals surface area contributed by atoms with Crippen LogP contribution in [0.5, 0.6) is 0 Å². The van der Waals surface area contributed by atoms with Crippen LogP contribution in [0.3, 0.4) is 0 Å². The second kappa shape index (κ2) is 8.57. The Bertz CT molecular complexity index is 177. The summed E-state index contributed by atoms with van der Waals surface area (Å²) in [6, 6.07) is 0. The molecule has 18 heavy (non-hydrogen) atoms. The normalized spacial score (nSPS) is 14.2. The van der Waals surface area contributed by atoms with Gasteiger partial charge in [0, 0.05) is 0 Å². The van der Waals surface area contributed by atoms with E-state index in [4.69, 9.17) is 0 Å². The molecule has 0 nitrogen and oxygen atoms in total. The van der Waals surface area contributed by atoms with Gasteiger partial charge in [-0.15, -0.1) is 0 Å². The minimum absolute atomic E-state index is 0.878. The summed E-state index contributed by atoms with van der Waals surface area (Å²) in [4.78, 5) is 0. The van der Waals surface area contributed by atoms with Gasteiger partial charge < -0.3 is 0 Å². The maximum absolute atomic E-state index is 2.43. The first-order valence-corrected chi connectivity index (χ1v) is 11.0. The second-order valence-corrected chi connectivity index (χ2v) is 13.0. The van der Waals surface area contributed by atoms with Crippen molar-refractivity contribution in [2.45, 2.75) is 61.8 Å². The fourth-order valence-corrected chi connectivity index (χ4v) is 11.2. The average molecular weight is 274 g/mol. The Hall–Kier alpha value is 0.430. The molecule has 0 aromatic carbocycles. The van der Waals surface area contributed by atoms with E-state index >= 15 is 0 Å². The van der Waals surface area contributed by atoms with Gasteiger partial charge in [-0.2, -0.15) is 0 Å². The second-order valence-electron chi connectivity index (χ2n) is 8.23. The van der Waals surface area contributed by atoms with Crippen LogP contribution >= 0.6 is 7.26 Å². The van der Waals surface area contributed by atoms with Crippen LogP contribution in [0.1, 0.15) is 61.8 Å². The van der Waals surface area contributed by atoms with Crippen LogP contribution < -0.4 is 0 Å². The first kappa shape index (κ1) is 18.4. The third kappa shape index (κ3) is 8.52. The molecule has 0 spiro atoms. The van der Waals surface area contributed by atoms with E-state index < -0.39 is 7.26 Å². The molecule has 0 unspecified atom stereocenters. The number of hydrogen-bond acceptors (Lipinski definition) is 0. The third-order valence-electron chi connectivity index (χ3n) is 3.78. The molecular weight excluding hydrogens is 235 g/mol. The van der Waals surface area contributed by atoms with Crippen LogP contribution in [0.15, 0.2) is 0 Å². The summed E-state index contributed by atoms with van der Waals surface area (Å²) < 4.78 is 0. The first-order valence-electron chi connectivity index (χ1n) is 8.17. The van der Waals surface area contributed by atoms with Gasteiger partial charge in [-0.1, -0.05) is 0 Å². The van der Waals surface area contributed by atoms with Gasteiger partial charge in [0.25, 0.3) is 0 Å². The van der Waals surface area contributed by atoms with Gasteiger partial charge in [-0.05, 0) is 0 Å². The number of hydrogen-bond donors (Lipinski definition) is 0. The fourth-order valence-electron chi connectivity index (χ4n) is 3.75. The van der Waals surface area contributed by atoms with Crippen molar-refractivity contribution in [1.82, 2.24) is 0 Å². The van der Waals surface area contributed by atoms with Crippen molar-refractivity contribution >= 4 is 7.26 Å². The molecule has 0 amide bonds. The molecule has 0 aliphatic rings. The van der Waals surface area contributed by atoms with Gasteiger partial charge in [-0.3, -0.25) is 0 Å². The van der Waals surface area contributed by atoms with Crippen LogP contribution in [0.25, 0.3) is 0 Å². The van der Waals surface area contributed by atoms with E-state index in [9.17, 15) is 0 Å². The monoisotopic (exact) mass is 274 g/mol. The summed E-state index contributed by atoms with van der Waals surface area (Å²) in [7, 11) is -1.05. The summed E-state index contributed by atoms with van der Waals surface area (Å²) in [6.45, 7) is 19.3. The van der Waals surface area contributed by atoms with Crippen molar-refractivity contribution < 1.29 is 0 Å². The molecule has 0 saturated heterocycles. The van der Waals surface area contributed by atoms with E-state index in [2.05, 4.69) is 55.4 Å². The molecular formula is C17H39P. The SMILES string of the molecule is CC(C)CC[PH](CC(C)C)(CC(C)C)CC(C)C. The summed E-state index contributed by atoms with van der Waals surface area (Å²) in [5.41, 5.74) is 0. The zero-order valence-corrected chi connectivity index (χ0v) is 15.3. The Balaban J connectivity index is 4.85. The van der Waals surface area contributed by atoms with E-state index in [0.29, 0.717) is 0 Å². The van der Waals surface area contributed by atoms with Crippen LogP contribution in [0, 0.1) is 23.7 Å². The quantitative estimate of drug-likeness (QED) is 0.470. The van der Waals surface area contributed by atoms with E-state index in [1.54, 1.807) is 24.6 Å². The van der Waals surface area contributed by atoms with Crippen molar-refractivity contribution in [2.24, 2.45) is 23.7 Å².